The lowest BCUT2D eigenvalue weighted by atomic mass is 9.92. The summed E-state index contributed by atoms with van der Waals surface area (Å²) >= 11 is 0. The first-order valence-corrected chi connectivity index (χ1v) is 10.8. The smallest absolute Gasteiger partial charge is 0.258 e. The molecule has 6 heteroatoms. The maximum absolute atomic E-state index is 12.5. The van der Waals surface area contributed by atoms with E-state index in [0.717, 1.165) is 12.0 Å². The number of hydrogen-bond acceptors (Lipinski definition) is 4. The van der Waals surface area contributed by atoms with Crippen LogP contribution in [0.25, 0.3) is 10.9 Å². The standard InChI is InChI=1S/C25H31N3O3/c1-5-17(4)18-10-12-19(13-11-18)24(16(2)3)28-23(29)15-31-14-22-26-21-9-7-6-8-20(21)25(30)27-22/h6-13,16-17,24H,5,14-15H2,1-4H3,(H,28,29)(H,26,27,30)/t17-,24-/m0/s1. The van der Waals surface area contributed by atoms with Gasteiger partial charge in [0.25, 0.3) is 5.56 Å². The van der Waals surface area contributed by atoms with Gasteiger partial charge >= 0.3 is 0 Å². The van der Waals surface area contributed by atoms with Crippen LogP contribution in [0.4, 0.5) is 0 Å². The molecule has 0 fully saturated rings. The fourth-order valence-electron chi connectivity index (χ4n) is 3.56. The number of nitrogens with zero attached hydrogens (tertiary/aromatic N) is 1. The van der Waals surface area contributed by atoms with Gasteiger partial charge in [0.15, 0.2) is 0 Å². The number of benzene rings is 2. The number of rotatable bonds is 9. The van der Waals surface area contributed by atoms with Crippen molar-refractivity contribution in [2.24, 2.45) is 5.92 Å². The molecule has 0 bridgehead atoms. The van der Waals surface area contributed by atoms with E-state index < -0.39 is 0 Å². The molecule has 0 aliphatic carbocycles. The molecule has 0 unspecified atom stereocenters. The average Bonchev–Trinajstić information content (AvgIpc) is 2.77. The minimum Gasteiger partial charge on any atom is -0.364 e. The van der Waals surface area contributed by atoms with Crippen molar-refractivity contribution in [2.45, 2.75) is 52.7 Å². The molecule has 0 aliphatic heterocycles. The Balaban J connectivity index is 1.59. The lowest BCUT2D eigenvalue weighted by Crippen LogP contribution is -2.34. The summed E-state index contributed by atoms with van der Waals surface area (Å²) in [5.41, 5.74) is 2.78. The first kappa shape index (κ1) is 22.7. The van der Waals surface area contributed by atoms with Crippen LogP contribution in [0.3, 0.4) is 0 Å². The van der Waals surface area contributed by atoms with Gasteiger partial charge in [0, 0.05) is 0 Å². The SMILES string of the molecule is CC[C@H](C)c1ccc([C@@H](NC(=O)COCc2nc3ccccc3c(=O)[nH]2)C(C)C)cc1. The zero-order valence-corrected chi connectivity index (χ0v) is 18.6. The number of amides is 1. The predicted molar refractivity (Wildman–Crippen MR) is 123 cm³/mol. The molecular weight excluding hydrogens is 390 g/mol. The first-order valence-electron chi connectivity index (χ1n) is 10.8. The Morgan fingerprint density at radius 2 is 1.74 bits per heavy atom. The van der Waals surface area contributed by atoms with Crippen molar-refractivity contribution < 1.29 is 9.53 Å². The van der Waals surface area contributed by atoms with Crippen LogP contribution >= 0.6 is 0 Å². The Morgan fingerprint density at radius 1 is 1.06 bits per heavy atom. The summed E-state index contributed by atoms with van der Waals surface area (Å²) in [5, 5.41) is 3.60. The number of carbonyl (C=O) groups is 1. The maximum atomic E-state index is 12.5. The Bertz CT molecular complexity index is 1070. The number of carbonyl (C=O) groups excluding carboxylic acids is 1. The van der Waals surface area contributed by atoms with Crippen LogP contribution in [0.5, 0.6) is 0 Å². The summed E-state index contributed by atoms with van der Waals surface area (Å²) in [6, 6.07) is 15.5. The summed E-state index contributed by atoms with van der Waals surface area (Å²) in [5.74, 6) is 0.951. The quantitative estimate of drug-likeness (QED) is 0.534. The van der Waals surface area contributed by atoms with E-state index in [1.54, 1.807) is 18.2 Å². The normalized spacial score (nSPS) is 13.3. The zero-order valence-electron chi connectivity index (χ0n) is 18.6. The van der Waals surface area contributed by atoms with Gasteiger partial charge in [-0.1, -0.05) is 64.1 Å². The summed E-state index contributed by atoms with van der Waals surface area (Å²) in [6.07, 6.45) is 1.10. The molecule has 0 saturated heterocycles. The molecule has 1 heterocycles. The van der Waals surface area contributed by atoms with Crippen molar-refractivity contribution in [3.05, 3.63) is 75.8 Å². The third-order valence-electron chi connectivity index (χ3n) is 5.59. The van der Waals surface area contributed by atoms with Gasteiger partial charge in [0.05, 0.1) is 16.9 Å². The van der Waals surface area contributed by atoms with E-state index in [4.69, 9.17) is 4.74 Å². The highest BCUT2D eigenvalue weighted by molar-refractivity contribution is 5.78. The van der Waals surface area contributed by atoms with Crippen molar-refractivity contribution in [2.75, 3.05) is 6.61 Å². The van der Waals surface area contributed by atoms with E-state index in [-0.39, 0.29) is 36.6 Å². The van der Waals surface area contributed by atoms with Gasteiger partial charge in [0.2, 0.25) is 5.91 Å². The second-order valence-electron chi connectivity index (χ2n) is 8.29. The molecule has 3 rings (SSSR count). The predicted octanol–water partition coefficient (Wildman–Crippen LogP) is 4.47. The highest BCUT2D eigenvalue weighted by Crippen LogP contribution is 2.25. The molecule has 6 nitrogen and oxygen atoms in total. The molecule has 0 aliphatic rings. The number of para-hydroxylation sites is 1. The summed E-state index contributed by atoms with van der Waals surface area (Å²) in [6.45, 7) is 8.51. The lowest BCUT2D eigenvalue weighted by molar-refractivity contribution is -0.127. The number of ether oxygens (including phenoxy) is 1. The maximum Gasteiger partial charge on any atom is 0.258 e. The second-order valence-corrected chi connectivity index (χ2v) is 8.29. The summed E-state index contributed by atoms with van der Waals surface area (Å²) in [4.78, 5) is 31.7. The summed E-state index contributed by atoms with van der Waals surface area (Å²) < 4.78 is 5.52. The van der Waals surface area contributed by atoms with Gasteiger partial charge in [-0.25, -0.2) is 4.98 Å². The van der Waals surface area contributed by atoms with Crippen molar-refractivity contribution in [1.82, 2.24) is 15.3 Å². The fourth-order valence-corrected chi connectivity index (χ4v) is 3.56. The van der Waals surface area contributed by atoms with E-state index in [1.807, 2.05) is 6.07 Å². The van der Waals surface area contributed by atoms with Gasteiger partial charge < -0.3 is 15.0 Å². The van der Waals surface area contributed by atoms with Gasteiger partial charge in [-0.2, -0.15) is 0 Å². The molecule has 3 aromatic rings. The topological polar surface area (TPSA) is 84.1 Å². The number of fused-ring (bicyclic) bond motifs is 1. The van der Waals surface area contributed by atoms with E-state index in [2.05, 4.69) is 67.2 Å². The van der Waals surface area contributed by atoms with Crippen molar-refractivity contribution in [3.8, 4) is 0 Å². The Hall–Kier alpha value is -2.99. The molecule has 2 N–H and O–H groups in total. The molecule has 2 atom stereocenters. The molecule has 0 spiro atoms. The third kappa shape index (κ3) is 5.79. The van der Waals surface area contributed by atoms with Crippen molar-refractivity contribution >= 4 is 16.8 Å². The van der Waals surface area contributed by atoms with Crippen molar-refractivity contribution in [1.29, 1.82) is 0 Å². The fraction of sp³-hybridized carbons (Fsp3) is 0.400. The molecule has 1 aromatic heterocycles. The zero-order chi connectivity index (χ0) is 22.4. The number of H-pyrrole nitrogens is 1. The Kier molecular flexibility index (Phi) is 7.58. The highest BCUT2D eigenvalue weighted by Gasteiger charge is 2.19. The van der Waals surface area contributed by atoms with Gasteiger partial charge in [0.1, 0.15) is 19.0 Å². The average molecular weight is 422 g/mol. The molecule has 1 amide bonds. The largest absolute Gasteiger partial charge is 0.364 e. The van der Waals surface area contributed by atoms with Crippen LogP contribution in [-0.2, 0) is 16.1 Å². The van der Waals surface area contributed by atoms with Crippen LogP contribution in [0.2, 0.25) is 0 Å². The number of aromatic nitrogens is 2. The van der Waals surface area contributed by atoms with Crippen LogP contribution in [-0.4, -0.2) is 22.5 Å². The molecule has 164 valence electrons. The van der Waals surface area contributed by atoms with E-state index in [9.17, 15) is 9.59 Å². The highest BCUT2D eigenvalue weighted by atomic mass is 16.5. The number of hydrogen-bond donors (Lipinski definition) is 2. The monoisotopic (exact) mass is 421 g/mol. The summed E-state index contributed by atoms with van der Waals surface area (Å²) in [7, 11) is 0. The van der Waals surface area contributed by atoms with Crippen LogP contribution in [0, 0.1) is 5.92 Å². The van der Waals surface area contributed by atoms with Crippen molar-refractivity contribution in [3.63, 3.8) is 0 Å². The Labute approximate surface area is 183 Å². The molecule has 2 aromatic carbocycles. The van der Waals surface area contributed by atoms with Crippen LogP contribution < -0.4 is 10.9 Å². The second kappa shape index (κ2) is 10.4. The first-order chi connectivity index (χ1) is 14.9. The van der Waals surface area contributed by atoms with Crippen LogP contribution in [0.1, 0.15) is 63.0 Å². The van der Waals surface area contributed by atoms with Crippen LogP contribution in [0.15, 0.2) is 53.3 Å². The number of aromatic amines is 1. The van der Waals surface area contributed by atoms with Gasteiger partial charge in [-0.3, -0.25) is 9.59 Å². The molecule has 0 saturated carbocycles. The lowest BCUT2D eigenvalue weighted by Gasteiger charge is -2.23. The van der Waals surface area contributed by atoms with Gasteiger partial charge in [-0.05, 0) is 41.5 Å². The Morgan fingerprint density at radius 3 is 2.42 bits per heavy atom. The van der Waals surface area contributed by atoms with E-state index in [1.165, 1.54) is 5.56 Å². The molecule has 0 radical (unpaired) electrons. The van der Waals surface area contributed by atoms with Gasteiger partial charge in [-0.15, -0.1) is 0 Å². The number of nitrogens with one attached hydrogen (secondary N) is 2. The minimum atomic E-state index is -0.214. The van der Waals surface area contributed by atoms with E-state index in [0.29, 0.717) is 22.6 Å². The minimum absolute atomic E-state index is 0.0590. The molecular formula is C25H31N3O3. The molecule has 31 heavy (non-hydrogen) atoms. The third-order valence-corrected chi connectivity index (χ3v) is 5.59. The van der Waals surface area contributed by atoms with E-state index >= 15 is 0 Å².